The second-order valence-electron chi connectivity index (χ2n) is 7.90. The van der Waals surface area contributed by atoms with Crippen molar-refractivity contribution in [3.63, 3.8) is 0 Å². The van der Waals surface area contributed by atoms with Crippen molar-refractivity contribution in [1.82, 2.24) is 0 Å². The number of carbonyl (C=O) groups excluding carboxylic acids is 1. The lowest BCUT2D eigenvalue weighted by molar-refractivity contribution is -0.274. The van der Waals surface area contributed by atoms with E-state index in [2.05, 4.69) is 10.8 Å². The Kier molecular flexibility index (Phi) is 8.62. The summed E-state index contributed by atoms with van der Waals surface area (Å²) in [7, 11) is 0. The Labute approximate surface area is 219 Å². The highest BCUT2D eigenvalue weighted by atomic mass is 35.5. The third kappa shape index (κ3) is 7.69. The van der Waals surface area contributed by atoms with Crippen LogP contribution in [0.5, 0.6) is 23.0 Å². The Morgan fingerprint density at radius 1 is 0.917 bits per heavy atom. The quantitative estimate of drug-likeness (QED) is 0.246. The first-order chi connectivity index (χ1) is 16.9. The summed E-state index contributed by atoms with van der Waals surface area (Å²) < 4.78 is 52.5. The highest BCUT2D eigenvalue weighted by Crippen LogP contribution is 2.38. The normalized spacial score (nSPS) is 12.8. The van der Waals surface area contributed by atoms with Gasteiger partial charge in [0.25, 0.3) is 0 Å². The maximum absolute atomic E-state index is 12.7. The number of nitriles is 1. The lowest BCUT2D eigenvalue weighted by Crippen LogP contribution is -2.27. The summed E-state index contributed by atoms with van der Waals surface area (Å²) in [4.78, 5) is 12.7. The molecule has 0 aliphatic carbocycles. The standard InChI is InChI=1S/C25H17Cl3F3NO4/c1-24(13-32,12-20(33)15-2-6-18(7-3-15)36-25(29,30)31)14-34-23-11-17(27)5-9-22(23)35-21-8-4-16(26)10-19(21)28/h2-11H,12,14H2,1H3. The van der Waals surface area contributed by atoms with Crippen LogP contribution in [0.2, 0.25) is 15.1 Å². The van der Waals surface area contributed by atoms with Crippen LogP contribution in [0.4, 0.5) is 13.2 Å². The van der Waals surface area contributed by atoms with Gasteiger partial charge in [0.05, 0.1) is 16.5 Å². The van der Waals surface area contributed by atoms with Crippen LogP contribution in [0.3, 0.4) is 0 Å². The zero-order valence-electron chi connectivity index (χ0n) is 18.5. The van der Waals surface area contributed by atoms with E-state index in [1.807, 2.05) is 0 Å². The third-order valence-corrected chi connectivity index (χ3v) is 5.56. The molecule has 0 fully saturated rings. The molecule has 3 aromatic carbocycles. The Morgan fingerprint density at radius 2 is 1.53 bits per heavy atom. The van der Waals surface area contributed by atoms with Crippen molar-refractivity contribution in [2.75, 3.05) is 6.61 Å². The Balaban J connectivity index is 1.72. The Bertz CT molecular complexity index is 1290. The molecule has 11 heteroatoms. The van der Waals surface area contributed by atoms with Crippen molar-refractivity contribution < 1.29 is 32.2 Å². The fourth-order valence-electron chi connectivity index (χ4n) is 3.01. The van der Waals surface area contributed by atoms with Crippen LogP contribution in [0.25, 0.3) is 0 Å². The number of nitrogens with zero attached hydrogens (tertiary/aromatic N) is 1. The van der Waals surface area contributed by atoms with E-state index in [0.29, 0.717) is 15.8 Å². The SMILES string of the molecule is CC(C#N)(COc1cc(Cl)ccc1Oc1ccc(Cl)cc1Cl)CC(=O)c1ccc(OC(F)(F)F)cc1. The molecule has 0 aliphatic heterocycles. The van der Waals surface area contributed by atoms with Gasteiger partial charge in [-0.25, -0.2) is 0 Å². The third-order valence-electron chi connectivity index (χ3n) is 4.80. The van der Waals surface area contributed by atoms with Gasteiger partial charge >= 0.3 is 6.36 Å². The molecule has 0 bridgehead atoms. The molecule has 0 heterocycles. The number of benzene rings is 3. The lowest BCUT2D eigenvalue weighted by Gasteiger charge is -2.22. The van der Waals surface area contributed by atoms with Gasteiger partial charge < -0.3 is 14.2 Å². The molecule has 3 aromatic rings. The van der Waals surface area contributed by atoms with Crippen molar-refractivity contribution in [2.24, 2.45) is 5.41 Å². The van der Waals surface area contributed by atoms with Gasteiger partial charge in [0.1, 0.15) is 18.1 Å². The monoisotopic (exact) mass is 557 g/mol. The fraction of sp³-hybridized carbons (Fsp3) is 0.200. The van der Waals surface area contributed by atoms with Gasteiger partial charge in [-0.05, 0) is 61.5 Å². The van der Waals surface area contributed by atoms with E-state index < -0.39 is 23.3 Å². The van der Waals surface area contributed by atoms with Gasteiger partial charge in [0.15, 0.2) is 17.3 Å². The molecule has 1 atom stereocenters. The zero-order chi connectivity index (χ0) is 26.5. The van der Waals surface area contributed by atoms with E-state index in [4.69, 9.17) is 44.3 Å². The van der Waals surface area contributed by atoms with E-state index in [0.717, 1.165) is 12.1 Å². The number of Topliss-reactive ketones (excluding diaryl/α,β-unsaturated/α-hetero) is 1. The smallest absolute Gasteiger partial charge is 0.488 e. The first kappa shape index (κ1) is 27.5. The number of halogens is 6. The molecule has 36 heavy (non-hydrogen) atoms. The second-order valence-corrected chi connectivity index (χ2v) is 9.18. The second kappa shape index (κ2) is 11.3. The molecule has 0 aromatic heterocycles. The molecule has 0 saturated carbocycles. The largest absolute Gasteiger partial charge is 0.573 e. The first-order valence-electron chi connectivity index (χ1n) is 10.2. The number of hydrogen-bond donors (Lipinski definition) is 0. The summed E-state index contributed by atoms with van der Waals surface area (Å²) in [6.45, 7) is 1.31. The number of alkyl halides is 3. The number of ketones is 1. The molecule has 0 saturated heterocycles. The summed E-state index contributed by atoms with van der Waals surface area (Å²) in [5.41, 5.74) is -1.16. The van der Waals surface area contributed by atoms with Gasteiger partial charge in [0, 0.05) is 28.1 Å². The lowest BCUT2D eigenvalue weighted by atomic mass is 9.85. The average Bonchev–Trinajstić information content (AvgIpc) is 2.80. The summed E-state index contributed by atoms with van der Waals surface area (Å²) >= 11 is 18.2. The molecule has 1 unspecified atom stereocenters. The van der Waals surface area contributed by atoms with E-state index in [9.17, 15) is 23.2 Å². The number of rotatable bonds is 9. The van der Waals surface area contributed by atoms with Crippen LogP contribution in [-0.4, -0.2) is 18.8 Å². The maximum Gasteiger partial charge on any atom is 0.573 e. The Morgan fingerprint density at radius 3 is 2.11 bits per heavy atom. The van der Waals surface area contributed by atoms with Crippen LogP contribution < -0.4 is 14.2 Å². The van der Waals surface area contributed by atoms with Crippen LogP contribution in [0.1, 0.15) is 23.7 Å². The highest BCUT2D eigenvalue weighted by molar-refractivity contribution is 6.35. The van der Waals surface area contributed by atoms with Gasteiger partial charge in [-0.2, -0.15) is 5.26 Å². The number of hydrogen-bond acceptors (Lipinski definition) is 5. The fourth-order valence-corrected chi connectivity index (χ4v) is 3.62. The molecule has 0 amide bonds. The molecule has 0 aliphatic rings. The number of carbonyl (C=O) groups is 1. The predicted octanol–water partition coefficient (Wildman–Crippen LogP) is 8.52. The van der Waals surface area contributed by atoms with E-state index in [-0.39, 0.29) is 35.1 Å². The summed E-state index contributed by atoms with van der Waals surface area (Å²) in [6.07, 6.45) is -5.10. The van der Waals surface area contributed by atoms with Gasteiger partial charge in [-0.1, -0.05) is 34.8 Å². The van der Waals surface area contributed by atoms with Crippen molar-refractivity contribution >= 4 is 40.6 Å². The molecule has 0 radical (unpaired) electrons. The molecular weight excluding hydrogens is 542 g/mol. The summed E-state index contributed by atoms with van der Waals surface area (Å²) in [6, 6.07) is 15.8. The number of ether oxygens (including phenoxy) is 3. The molecular formula is C25H17Cl3F3NO4. The predicted molar refractivity (Wildman–Crippen MR) is 129 cm³/mol. The highest BCUT2D eigenvalue weighted by Gasteiger charge is 2.32. The van der Waals surface area contributed by atoms with Gasteiger partial charge in [-0.15, -0.1) is 13.2 Å². The van der Waals surface area contributed by atoms with E-state index in [1.54, 1.807) is 24.3 Å². The topological polar surface area (TPSA) is 68.5 Å². The first-order valence-corrected chi connectivity index (χ1v) is 11.4. The van der Waals surface area contributed by atoms with Gasteiger partial charge in [-0.3, -0.25) is 4.79 Å². The minimum atomic E-state index is -4.84. The minimum absolute atomic E-state index is 0.121. The van der Waals surface area contributed by atoms with Gasteiger partial charge in [0.2, 0.25) is 0 Å². The molecule has 0 spiro atoms. The van der Waals surface area contributed by atoms with Crippen molar-refractivity contribution in [3.8, 4) is 29.1 Å². The van der Waals surface area contributed by atoms with Crippen LogP contribution in [0.15, 0.2) is 60.7 Å². The molecule has 0 N–H and O–H groups in total. The zero-order valence-corrected chi connectivity index (χ0v) is 20.8. The summed E-state index contributed by atoms with van der Waals surface area (Å²) in [5, 5.41) is 10.8. The Hall–Kier alpha value is -3.12. The minimum Gasteiger partial charge on any atom is -0.488 e. The molecule has 3 rings (SSSR count). The van der Waals surface area contributed by atoms with Crippen LogP contribution >= 0.6 is 34.8 Å². The average molecular weight is 559 g/mol. The van der Waals surface area contributed by atoms with Crippen LogP contribution in [0, 0.1) is 16.7 Å². The molecule has 5 nitrogen and oxygen atoms in total. The van der Waals surface area contributed by atoms with E-state index >= 15 is 0 Å². The van der Waals surface area contributed by atoms with Crippen LogP contribution in [-0.2, 0) is 0 Å². The van der Waals surface area contributed by atoms with Crippen molar-refractivity contribution in [2.45, 2.75) is 19.7 Å². The molecule has 188 valence electrons. The summed E-state index contributed by atoms with van der Waals surface area (Å²) in [5.74, 6) is -0.146. The van der Waals surface area contributed by atoms with E-state index in [1.165, 1.54) is 31.2 Å². The van der Waals surface area contributed by atoms with Crippen molar-refractivity contribution in [1.29, 1.82) is 5.26 Å². The van der Waals surface area contributed by atoms with Crippen molar-refractivity contribution in [3.05, 3.63) is 81.3 Å². The maximum atomic E-state index is 12.7.